The van der Waals surface area contributed by atoms with Gasteiger partial charge in [-0.05, 0) is 35.5 Å². The van der Waals surface area contributed by atoms with Crippen molar-refractivity contribution in [2.75, 3.05) is 7.05 Å². The van der Waals surface area contributed by atoms with Crippen molar-refractivity contribution in [3.63, 3.8) is 0 Å². The first-order valence-corrected chi connectivity index (χ1v) is 4.92. The topological polar surface area (TPSA) is 25.2 Å². The summed E-state index contributed by atoms with van der Waals surface area (Å²) in [5, 5.41) is 3.19. The second-order valence-corrected chi connectivity index (χ2v) is 3.45. The number of terminal acetylenes is 1. The molecule has 0 saturated carbocycles. The highest BCUT2D eigenvalue weighted by atomic mass is 79.9. The first-order valence-electron chi connectivity index (χ1n) is 4.13. The van der Waals surface area contributed by atoms with Gasteiger partial charge in [0.2, 0.25) is 0 Å². The Bertz CT molecular complexity index is 300. The molecule has 1 atom stereocenters. The lowest BCUT2D eigenvalue weighted by Gasteiger charge is -2.12. The Kier molecular flexibility index (Phi) is 4.07. The molecule has 0 aromatic carbocycles. The van der Waals surface area contributed by atoms with E-state index in [1.54, 1.807) is 6.26 Å². The van der Waals surface area contributed by atoms with Gasteiger partial charge in [0, 0.05) is 18.0 Å². The van der Waals surface area contributed by atoms with Crippen LogP contribution in [0.25, 0.3) is 0 Å². The molecule has 1 N–H and O–H groups in total. The van der Waals surface area contributed by atoms with E-state index in [0.717, 1.165) is 23.1 Å². The highest BCUT2D eigenvalue weighted by Gasteiger charge is 2.13. The largest absolute Gasteiger partial charge is 0.457 e. The van der Waals surface area contributed by atoms with E-state index >= 15 is 0 Å². The second kappa shape index (κ2) is 5.11. The Labute approximate surface area is 86.8 Å². The predicted molar refractivity (Wildman–Crippen MR) is 56.3 cm³/mol. The number of hydrogen-bond acceptors (Lipinski definition) is 2. The highest BCUT2D eigenvalue weighted by molar-refractivity contribution is 9.10. The van der Waals surface area contributed by atoms with E-state index in [0.29, 0.717) is 0 Å². The summed E-state index contributed by atoms with van der Waals surface area (Å²) in [6.07, 6.45) is 8.57. The number of rotatable bonds is 4. The summed E-state index contributed by atoms with van der Waals surface area (Å²) in [4.78, 5) is 0. The van der Waals surface area contributed by atoms with Crippen LogP contribution in [0, 0.1) is 12.3 Å². The van der Waals surface area contributed by atoms with E-state index in [2.05, 4.69) is 27.2 Å². The Hall–Kier alpha value is -0.720. The molecule has 70 valence electrons. The van der Waals surface area contributed by atoms with E-state index in [1.165, 1.54) is 0 Å². The van der Waals surface area contributed by atoms with E-state index in [4.69, 9.17) is 10.8 Å². The van der Waals surface area contributed by atoms with Crippen LogP contribution in [0.4, 0.5) is 0 Å². The molecule has 0 radical (unpaired) electrons. The van der Waals surface area contributed by atoms with Crippen molar-refractivity contribution < 1.29 is 4.42 Å². The van der Waals surface area contributed by atoms with Crippen LogP contribution in [-0.2, 0) is 0 Å². The third-order valence-electron chi connectivity index (χ3n) is 1.95. The van der Waals surface area contributed by atoms with Gasteiger partial charge in [-0.3, -0.25) is 0 Å². The van der Waals surface area contributed by atoms with E-state index in [-0.39, 0.29) is 6.04 Å². The van der Waals surface area contributed by atoms with Crippen LogP contribution in [0.5, 0.6) is 0 Å². The number of furan rings is 1. The number of hydrogen-bond donors (Lipinski definition) is 1. The van der Waals surface area contributed by atoms with Crippen molar-refractivity contribution >= 4 is 15.9 Å². The maximum atomic E-state index is 5.21. The van der Waals surface area contributed by atoms with Crippen LogP contribution >= 0.6 is 15.9 Å². The van der Waals surface area contributed by atoms with Crippen molar-refractivity contribution in [1.29, 1.82) is 0 Å². The molecular weight excluding hydrogens is 230 g/mol. The number of halogens is 1. The van der Waals surface area contributed by atoms with E-state index in [9.17, 15) is 0 Å². The zero-order valence-corrected chi connectivity index (χ0v) is 9.10. The standard InChI is InChI=1S/C10H12BrNO/c1-3-4-5-9(12-2)8-6-7-13-10(8)11/h1,6-7,9,12H,4-5H2,2H3. The summed E-state index contributed by atoms with van der Waals surface area (Å²) < 4.78 is 5.93. The van der Waals surface area contributed by atoms with Crippen LogP contribution < -0.4 is 5.32 Å². The van der Waals surface area contributed by atoms with Crippen molar-refractivity contribution in [2.24, 2.45) is 0 Å². The zero-order chi connectivity index (χ0) is 9.68. The van der Waals surface area contributed by atoms with Crippen LogP contribution in [-0.4, -0.2) is 7.05 Å². The van der Waals surface area contributed by atoms with Crippen molar-refractivity contribution in [3.05, 3.63) is 22.6 Å². The van der Waals surface area contributed by atoms with Gasteiger partial charge in [0.25, 0.3) is 0 Å². The minimum atomic E-state index is 0.268. The Morgan fingerprint density at radius 3 is 3.00 bits per heavy atom. The second-order valence-electron chi connectivity index (χ2n) is 2.73. The maximum Gasteiger partial charge on any atom is 0.173 e. The lowest BCUT2D eigenvalue weighted by molar-refractivity contribution is 0.509. The van der Waals surface area contributed by atoms with Crippen molar-refractivity contribution in [2.45, 2.75) is 18.9 Å². The number of nitrogens with one attached hydrogen (secondary N) is 1. The summed E-state index contributed by atoms with van der Waals surface area (Å²) in [7, 11) is 1.92. The Balaban J connectivity index is 2.68. The predicted octanol–water partition coefficient (Wildman–Crippen LogP) is 2.72. The summed E-state index contributed by atoms with van der Waals surface area (Å²) in [6.45, 7) is 0. The lowest BCUT2D eigenvalue weighted by Crippen LogP contribution is -2.15. The molecule has 3 heteroatoms. The van der Waals surface area contributed by atoms with Gasteiger partial charge < -0.3 is 9.73 Å². The first-order chi connectivity index (χ1) is 6.29. The average Bonchev–Trinajstić information content (AvgIpc) is 2.54. The van der Waals surface area contributed by atoms with Crippen LogP contribution in [0.2, 0.25) is 0 Å². The van der Waals surface area contributed by atoms with Crippen molar-refractivity contribution in [1.82, 2.24) is 5.32 Å². The SMILES string of the molecule is C#CCCC(NC)c1ccoc1Br. The molecule has 0 saturated heterocycles. The quantitative estimate of drug-likeness (QED) is 0.821. The van der Waals surface area contributed by atoms with E-state index in [1.807, 2.05) is 13.1 Å². The molecule has 1 unspecified atom stereocenters. The summed E-state index contributed by atoms with van der Waals surface area (Å²) in [5.74, 6) is 2.63. The molecule has 2 nitrogen and oxygen atoms in total. The normalized spacial score (nSPS) is 12.4. The van der Waals surface area contributed by atoms with Gasteiger partial charge in [0.1, 0.15) is 0 Å². The molecule has 1 rings (SSSR count). The Morgan fingerprint density at radius 2 is 2.54 bits per heavy atom. The molecule has 1 aromatic rings. The van der Waals surface area contributed by atoms with Gasteiger partial charge in [-0.25, -0.2) is 0 Å². The van der Waals surface area contributed by atoms with Gasteiger partial charge in [-0.2, -0.15) is 0 Å². The van der Waals surface area contributed by atoms with Crippen LogP contribution in [0.1, 0.15) is 24.4 Å². The minimum Gasteiger partial charge on any atom is -0.457 e. The Morgan fingerprint density at radius 1 is 1.77 bits per heavy atom. The fourth-order valence-corrected chi connectivity index (χ4v) is 1.75. The summed E-state index contributed by atoms with van der Waals surface area (Å²) in [5.41, 5.74) is 1.12. The molecule has 13 heavy (non-hydrogen) atoms. The fourth-order valence-electron chi connectivity index (χ4n) is 1.24. The average molecular weight is 242 g/mol. The van der Waals surface area contributed by atoms with Gasteiger partial charge in [-0.15, -0.1) is 12.3 Å². The molecule has 0 aliphatic heterocycles. The maximum absolute atomic E-state index is 5.21. The molecule has 0 bridgehead atoms. The van der Waals surface area contributed by atoms with Gasteiger partial charge >= 0.3 is 0 Å². The minimum absolute atomic E-state index is 0.268. The van der Waals surface area contributed by atoms with Gasteiger partial charge in [0.15, 0.2) is 4.67 Å². The molecule has 0 spiro atoms. The van der Waals surface area contributed by atoms with Gasteiger partial charge in [0.05, 0.1) is 6.26 Å². The zero-order valence-electron chi connectivity index (χ0n) is 7.51. The summed E-state index contributed by atoms with van der Waals surface area (Å²) in [6, 6.07) is 2.21. The highest BCUT2D eigenvalue weighted by Crippen LogP contribution is 2.26. The third kappa shape index (κ3) is 2.61. The lowest BCUT2D eigenvalue weighted by atomic mass is 10.1. The van der Waals surface area contributed by atoms with Crippen molar-refractivity contribution in [3.8, 4) is 12.3 Å². The van der Waals surface area contributed by atoms with E-state index < -0.39 is 0 Å². The molecule has 0 amide bonds. The van der Waals surface area contributed by atoms with Crippen LogP contribution in [0.3, 0.4) is 0 Å². The summed E-state index contributed by atoms with van der Waals surface area (Å²) >= 11 is 3.34. The third-order valence-corrected chi connectivity index (χ3v) is 2.59. The fraction of sp³-hybridized carbons (Fsp3) is 0.400. The molecule has 0 aliphatic rings. The molecule has 0 aliphatic carbocycles. The molecular formula is C10H12BrNO. The molecule has 0 fully saturated rings. The van der Waals surface area contributed by atoms with Gasteiger partial charge in [-0.1, -0.05) is 0 Å². The molecule has 1 heterocycles. The monoisotopic (exact) mass is 241 g/mol. The smallest absolute Gasteiger partial charge is 0.173 e. The molecule has 1 aromatic heterocycles. The van der Waals surface area contributed by atoms with Crippen LogP contribution in [0.15, 0.2) is 21.4 Å². The first kappa shape index (κ1) is 10.4.